The average molecular weight is 712 g/mol. The summed E-state index contributed by atoms with van der Waals surface area (Å²) in [5.74, 6) is 2.55. The number of carbonyl (C=O) groups excluding carboxylic acids is 1. The highest BCUT2D eigenvalue weighted by molar-refractivity contribution is 8.68. The Morgan fingerprint density at radius 1 is 1.08 bits per heavy atom. The lowest BCUT2D eigenvalue weighted by Gasteiger charge is -2.32. The van der Waals surface area contributed by atoms with Crippen molar-refractivity contribution >= 4 is 40.4 Å². The molecule has 0 radical (unpaired) electrons. The Kier molecular flexibility index (Phi) is 18.0. The number of carbonyl (C=O) groups is 3. The third-order valence-corrected chi connectivity index (χ3v) is 11.3. The van der Waals surface area contributed by atoms with Gasteiger partial charge in [0, 0.05) is 32.4 Å². The van der Waals surface area contributed by atoms with E-state index < -0.39 is 17.6 Å². The van der Waals surface area contributed by atoms with E-state index in [1.54, 1.807) is 13.8 Å². The van der Waals surface area contributed by atoms with Gasteiger partial charge in [-0.3, -0.25) is 9.69 Å². The summed E-state index contributed by atoms with van der Waals surface area (Å²) in [6, 6.07) is 6.06. The SMILES string of the molecule is CCCCCC(O)CCC1CC[C@@H]2Cc3c(cccc3OCC(=O)O)CC12.CN(C(=O)O)C(C)(C)C(=O)NCCNCC(C)(C)CSS. The minimum atomic E-state index is -1.13. The van der Waals surface area contributed by atoms with Gasteiger partial charge in [-0.2, -0.15) is 0 Å². The van der Waals surface area contributed by atoms with Crippen LogP contribution in [0.2, 0.25) is 0 Å². The van der Waals surface area contributed by atoms with Gasteiger partial charge in [-0.05, 0) is 99.2 Å². The fourth-order valence-corrected chi connectivity index (χ4v) is 8.22. The molecule has 2 amide bonds. The number of carboxylic acids is 1. The zero-order valence-electron chi connectivity index (χ0n) is 29.9. The highest BCUT2D eigenvalue weighted by Gasteiger charge is 2.40. The molecule has 274 valence electrons. The van der Waals surface area contributed by atoms with Gasteiger partial charge in [-0.15, -0.1) is 11.7 Å². The number of ether oxygens (including phenoxy) is 1. The summed E-state index contributed by atoms with van der Waals surface area (Å²) < 4.78 is 5.53. The van der Waals surface area contributed by atoms with Crippen LogP contribution in [0, 0.1) is 23.2 Å². The van der Waals surface area contributed by atoms with E-state index in [0.717, 1.165) is 61.5 Å². The Morgan fingerprint density at radius 2 is 1.81 bits per heavy atom. The van der Waals surface area contributed by atoms with E-state index in [9.17, 15) is 19.5 Å². The second kappa shape index (κ2) is 20.5. The number of unbranched alkanes of at least 4 members (excludes halogenated alkanes) is 2. The topological polar surface area (TPSA) is 148 Å². The Labute approximate surface area is 297 Å². The van der Waals surface area contributed by atoms with Crippen molar-refractivity contribution in [3.63, 3.8) is 0 Å². The van der Waals surface area contributed by atoms with E-state index in [-0.39, 0.29) is 24.0 Å². The van der Waals surface area contributed by atoms with Crippen molar-refractivity contribution in [3.05, 3.63) is 29.3 Å². The fourth-order valence-electron chi connectivity index (χ4n) is 6.72. The molecule has 1 aromatic carbocycles. The molecule has 3 unspecified atom stereocenters. The smallest absolute Gasteiger partial charge is 0.407 e. The van der Waals surface area contributed by atoms with Crippen LogP contribution in [0.25, 0.3) is 0 Å². The first-order valence-corrected chi connectivity index (χ1v) is 19.5. The quantitative estimate of drug-likeness (QED) is 0.0553. The maximum absolute atomic E-state index is 12.0. The van der Waals surface area contributed by atoms with Crippen LogP contribution in [0.5, 0.6) is 5.75 Å². The largest absolute Gasteiger partial charge is 0.482 e. The summed E-state index contributed by atoms with van der Waals surface area (Å²) in [6.07, 6.45) is 9.90. The lowest BCUT2D eigenvalue weighted by molar-refractivity contribution is -0.139. The predicted molar refractivity (Wildman–Crippen MR) is 197 cm³/mol. The van der Waals surface area contributed by atoms with Gasteiger partial charge in [-0.1, -0.05) is 63.0 Å². The maximum Gasteiger partial charge on any atom is 0.407 e. The van der Waals surface area contributed by atoms with Crippen LogP contribution in [-0.4, -0.2) is 88.9 Å². The molecule has 1 saturated carbocycles. The first-order chi connectivity index (χ1) is 22.6. The third kappa shape index (κ3) is 13.6. The first kappa shape index (κ1) is 42.0. The Morgan fingerprint density at radius 3 is 2.46 bits per heavy atom. The number of likely N-dealkylation sites (N-methyl/N-ethyl adjacent to an activating group) is 1. The number of aliphatic hydroxyl groups excluding tert-OH is 1. The molecule has 4 atom stereocenters. The number of hydrogen-bond acceptors (Lipinski definition) is 8. The Hall–Kier alpha value is -2.15. The van der Waals surface area contributed by atoms with E-state index in [2.05, 4.69) is 49.1 Å². The second-order valence-corrected chi connectivity index (χ2v) is 16.1. The van der Waals surface area contributed by atoms with Crippen LogP contribution in [0.15, 0.2) is 18.2 Å². The number of hydrogen-bond donors (Lipinski definition) is 6. The molecule has 0 bridgehead atoms. The molecule has 1 fully saturated rings. The zero-order chi connectivity index (χ0) is 35.9. The van der Waals surface area contributed by atoms with Gasteiger partial charge in [0.15, 0.2) is 6.61 Å². The highest BCUT2D eigenvalue weighted by atomic mass is 33.1. The Balaban J connectivity index is 0.000000347. The van der Waals surface area contributed by atoms with Crippen LogP contribution in [0.1, 0.15) is 97.1 Å². The van der Waals surface area contributed by atoms with Gasteiger partial charge < -0.3 is 30.7 Å². The number of nitrogens with zero attached hydrogens (tertiary/aromatic N) is 1. The lowest BCUT2D eigenvalue weighted by Crippen LogP contribution is -2.55. The second-order valence-electron chi connectivity index (χ2n) is 14.7. The van der Waals surface area contributed by atoms with Gasteiger partial charge in [0.1, 0.15) is 11.3 Å². The van der Waals surface area contributed by atoms with E-state index in [1.165, 1.54) is 54.7 Å². The number of aliphatic hydroxyl groups is 1. The van der Waals surface area contributed by atoms with Crippen molar-refractivity contribution < 1.29 is 34.4 Å². The fraction of sp³-hybridized carbons (Fsp3) is 0.750. The number of rotatable bonds is 19. The molecule has 48 heavy (non-hydrogen) atoms. The molecule has 2 aliphatic carbocycles. The molecule has 0 heterocycles. The van der Waals surface area contributed by atoms with Crippen LogP contribution in [0.4, 0.5) is 4.79 Å². The third-order valence-electron chi connectivity index (χ3n) is 9.96. The molecular weight excluding hydrogens is 651 g/mol. The van der Waals surface area contributed by atoms with Crippen molar-refractivity contribution in [2.75, 3.05) is 39.0 Å². The molecule has 0 aliphatic heterocycles. The van der Waals surface area contributed by atoms with Crippen LogP contribution in [0.3, 0.4) is 0 Å². The first-order valence-electron chi connectivity index (χ1n) is 17.5. The molecule has 10 nitrogen and oxygen atoms in total. The summed E-state index contributed by atoms with van der Waals surface area (Å²) in [5, 5.41) is 34.1. The summed E-state index contributed by atoms with van der Waals surface area (Å²) in [6.45, 7) is 11.3. The average Bonchev–Trinajstić information content (AvgIpc) is 3.42. The van der Waals surface area contributed by atoms with Crippen LogP contribution in [-0.2, 0) is 22.4 Å². The van der Waals surface area contributed by atoms with Crippen molar-refractivity contribution in [3.8, 4) is 5.75 Å². The molecule has 0 spiro atoms. The van der Waals surface area contributed by atoms with Crippen molar-refractivity contribution in [1.29, 1.82) is 0 Å². The summed E-state index contributed by atoms with van der Waals surface area (Å²) in [4.78, 5) is 34.8. The van der Waals surface area contributed by atoms with E-state index in [1.807, 2.05) is 12.1 Å². The van der Waals surface area contributed by atoms with Gasteiger partial charge in [0.25, 0.3) is 0 Å². The minimum absolute atomic E-state index is 0.137. The molecule has 1 aromatic rings. The lowest BCUT2D eigenvalue weighted by atomic mass is 9.73. The van der Waals surface area contributed by atoms with Crippen molar-refractivity contribution in [2.24, 2.45) is 23.2 Å². The van der Waals surface area contributed by atoms with E-state index in [0.29, 0.717) is 30.8 Å². The highest BCUT2D eigenvalue weighted by Crippen LogP contribution is 2.48. The monoisotopic (exact) mass is 711 g/mol. The molecule has 0 saturated heterocycles. The number of amides is 2. The van der Waals surface area contributed by atoms with Crippen molar-refractivity contribution in [2.45, 2.75) is 110 Å². The number of fused-ring (bicyclic) bond motifs is 2. The molecule has 3 rings (SSSR count). The number of benzene rings is 1. The number of nitrogens with one attached hydrogen (secondary N) is 2. The number of aliphatic carboxylic acids is 1. The molecule has 5 N–H and O–H groups in total. The number of thiol groups is 1. The van der Waals surface area contributed by atoms with Crippen LogP contribution >= 0.6 is 22.5 Å². The maximum atomic E-state index is 12.0. The van der Waals surface area contributed by atoms with Gasteiger partial charge in [0.2, 0.25) is 5.91 Å². The molecular formula is C36H61N3O7S2. The van der Waals surface area contributed by atoms with Crippen molar-refractivity contribution in [1.82, 2.24) is 15.5 Å². The predicted octanol–water partition coefficient (Wildman–Crippen LogP) is 6.30. The van der Waals surface area contributed by atoms with E-state index >= 15 is 0 Å². The molecule has 12 heteroatoms. The van der Waals surface area contributed by atoms with Crippen LogP contribution < -0.4 is 15.4 Å². The van der Waals surface area contributed by atoms with Gasteiger partial charge >= 0.3 is 12.1 Å². The summed E-state index contributed by atoms with van der Waals surface area (Å²) in [7, 11) is 2.90. The van der Waals surface area contributed by atoms with Gasteiger partial charge in [0.05, 0.1) is 6.10 Å². The molecule has 2 aliphatic rings. The normalized spacial score (nSPS) is 19.3. The Bertz CT molecular complexity index is 1170. The zero-order valence-corrected chi connectivity index (χ0v) is 31.6. The van der Waals surface area contributed by atoms with E-state index in [4.69, 9.17) is 14.9 Å². The standard InChI is InChI=1S/C23H34O4.C13H27N3O3S2/c1-2-3-4-7-19(24)12-11-16-9-10-18-14-21-17(13-20(16)18)6-5-8-22(21)27-15-23(25)26;1-12(2,9-21-20)8-14-6-7-15-10(17)13(3,4)16(5)11(18)19/h5-6,8,16,18-20,24H,2-4,7,9-15H2,1H3,(H,25,26);14,20H,6-9H2,1-5H3,(H,15,17)(H,18,19)/t16?,18-,19?,20?;/m1./s1. The molecule has 0 aromatic heterocycles. The summed E-state index contributed by atoms with van der Waals surface area (Å²) >= 11 is 4.15. The van der Waals surface area contributed by atoms with Gasteiger partial charge in [-0.25, -0.2) is 9.59 Å². The summed E-state index contributed by atoms with van der Waals surface area (Å²) in [5.41, 5.74) is 1.60. The minimum Gasteiger partial charge on any atom is -0.482 e. The number of carboxylic acid groups (broad SMARTS) is 2.